The molecule has 1 aromatic rings. The van der Waals surface area contributed by atoms with Gasteiger partial charge in [0.05, 0.1) is 27.9 Å². The Bertz CT molecular complexity index is 604. The molecule has 0 spiro atoms. The lowest BCUT2D eigenvalue weighted by Gasteiger charge is -2.18. The Morgan fingerprint density at radius 3 is 2.38 bits per heavy atom. The summed E-state index contributed by atoms with van der Waals surface area (Å²) < 4.78 is 40.3. The molecule has 114 valence electrons. The van der Waals surface area contributed by atoms with E-state index in [1.807, 2.05) is 0 Å². The van der Waals surface area contributed by atoms with Crippen LogP contribution in [-0.2, 0) is 9.53 Å². The first-order valence-corrected chi connectivity index (χ1v) is 6.46. The lowest BCUT2D eigenvalue weighted by Crippen LogP contribution is -2.33. The van der Waals surface area contributed by atoms with E-state index >= 15 is 0 Å². The summed E-state index contributed by atoms with van der Waals surface area (Å²) >= 11 is 11.8. The zero-order valence-corrected chi connectivity index (χ0v) is 11.8. The maximum Gasteiger partial charge on any atom is 0.411 e. The molecule has 1 heterocycles. The van der Waals surface area contributed by atoms with Crippen molar-refractivity contribution < 1.29 is 27.5 Å². The van der Waals surface area contributed by atoms with E-state index in [4.69, 9.17) is 23.2 Å². The molecule has 1 aliphatic rings. The second kappa shape index (κ2) is 5.82. The van der Waals surface area contributed by atoms with Crippen LogP contribution in [0.3, 0.4) is 0 Å². The van der Waals surface area contributed by atoms with E-state index in [0.717, 1.165) is 4.90 Å². The summed E-state index contributed by atoms with van der Waals surface area (Å²) in [6.45, 7) is -2.05. The quantitative estimate of drug-likeness (QED) is 0.624. The molecule has 0 aromatic heterocycles. The van der Waals surface area contributed by atoms with Crippen molar-refractivity contribution >= 4 is 40.6 Å². The number of carbonyl (C=O) groups is 2. The molecule has 9 heteroatoms. The molecule has 0 fully saturated rings. The number of alkyl halides is 3. The number of anilines is 1. The van der Waals surface area contributed by atoms with Crippen molar-refractivity contribution in [2.75, 3.05) is 24.7 Å². The van der Waals surface area contributed by atoms with Crippen molar-refractivity contribution in [1.82, 2.24) is 0 Å². The minimum absolute atomic E-state index is 0.0370. The molecule has 21 heavy (non-hydrogen) atoms. The number of rotatable bonds is 4. The molecule has 0 saturated heterocycles. The van der Waals surface area contributed by atoms with Crippen LogP contribution in [0.15, 0.2) is 12.1 Å². The summed E-state index contributed by atoms with van der Waals surface area (Å²) in [4.78, 5) is 24.6. The van der Waals surface area contributed by atoms with Crippen LogP contribution < -0.4 is 4.90 Å². The van der Waals surface area contributed by atoms with Gasteiger partial charge in [0, 0.05) is 6.54 Å². The number of ether oxygens (including phenoxy) is 1. The molecule has 0 bridgehead atoms. The van der Waals surface area contributed by atoms with Crippen LogP contribution in [0.2, 0.25) is 10.0 Å². The molecule has 4 nitrogen and oxygen atoms in total. The summed E-state index contributed by atoms with van der Waals surface area (Å²) in [6, 6.07) is 2.77. The number of amides is 1. The number of hydrogen-bond donors (Lipinski definition) is 0. The molecule has 1 amide bonds. The minimum atomic E-state index is -4.45. The summed E-state index contributed by atoms with van der Waals surface area (Å²) in [5, 5.41) is 0.177. The van der Waals surface area contributed by atoms with E-state index in [-0.39, 0.29) is 34.4 Å². The zero-order valence-electron chi connectivity index (χ0n) is 10.3. The van der Waals surface area contributed by atoms with Gasteiger partial charge in [0.2, 0.25) is 0 Å². The standard InChI is InChI=1S/C12H8Cl2F3NO3/c13-6-1-2-7(14)9-8(6)10(19)11(20)18(9)3-4-21-5-12(15,16)17/h1-2H,3-5H2. The van der Waals surface area contributed by atoms with E-state index in [0.29, 0.717) is 0 Å². The Hall–Kier alpha value is -1.31. The van der Waals surface area contributed by atoms with Crippen LogP contribution in [0.1, 0.15) is 10.4 Å². The van der Waals surface area contributed by atoms with Gasteiger partial charge < -0.3 is 9.64 Å². The Balaban J connectivity index is 2.14. The number of hydrogen-bond acceptors (Lipinski definition) is 3. The van der Waals surface area contributed by atoms with Crippen LogP contribution in [-0.4, -0.2) is 37.6 Å². The number of nitrogens with zero attached hydrogens (tertiary/aromatic N) is 1. The van der Waals surface area contributed by atoms with Gasteiger partial charge >= 0.3 is 6.18 Å². The third kappa shape index (κ3) is 3.30. The molecule has 0 unspecified atom stereocenters. The lowest BCUT2D eigenvalue weighted by molar-refractivity contribution is -0.173. The van der Waals surface area contributed by atoms with Crippen LogP contribution in [0.4, 0.5) is 18.9 Å². The van der Waals surface area contributed by atoms with Gasteiger partial charge in [0.1, 0.15) is 6.61 Å². The average Bonchev–Trinajstić information content (AvgIpc) is 2.63. The molecule has 2 rings (SSSR count). The first-order valence-electron chi connectivity index (χ1n) is 5.71. The monoisotopic (exact) mass is 341 g/mol. The average molecular weight is 342 g/mol. The molecule has 0 radical (unpaired) electrons. The number of Topliss-reactive ketones (excluding diaryl/α,β-unsaturated/α-hetero) is 1. The number of carbonyl (C=O) groups excluding carboxylic acids is 2. The normalized spacial score (nSPS) is 14.8. The van der Waals surface area contributed by atoms with Crippen molar-refractivity contribution in [1.29, 1.82) is 0 Å². The Morgan fingerprint density at radius 1 is 1.14 bits per heavy atom. The number of fused-ring (bicyclic) bond motifs is 1. The van der Waals surface area contributed by atoms with Gasteiger partial charge in [-0.25, -0.2) is 0 Å². The summed E-state index contributed by atoms with van der Waals surface area (Å²) in [6.07, 6.45) is -4.45. The van der Waals surface area contributed by atoms with Gasteiger partial charge in [-0.2, -0.15) is 13.2 Å². The number of benzene rings is 1. The summed E-state index contributed by atoms with van der Waals surface area (Å²) in [5.74, 6) is -1.73. The van der Waals surface area contributed by atoms with Crippen molar-refractivity contribution in [3.8, 4) is 0 Å². The van der Waals surface area contributed by atoms with Crippen LogP contribution >= 0.6 is 23.2 Å². The van der Waals surface area contributed by atoms with Crippen LogP contribution in [0, 0.1) is 0 Å². The Kier molecular flexibility index (Phi) is 4.46. The maximum atomic E-state index is 12.0. The second-order valence-corrected chi connectivity index (χ2v) is 5.02. The molecule has 1 aliphatic heterocycles. The SMILES string of the molecule is O=C1C(=O)N(CCOCC(F)(F)F)c2c(Cl)ccc(Cl)c21. The Labute approximate surface area is 127 Å². The first kappa shape index (κ1) is 16.1. The molecule has 0 N–H and O–H groups in total. The fraction of sp³-hybridized carbons (Fsp3) is 0.333. The van der Waals surface area contributed by atoms with Gasteiger partial charge in [-0.05, 0) is 12.1 Å². The van der Waals surface area contributed by atoms with Gasteiger partial charge in [-0.3, -0.25) is 9.59 Å². The van der Waals surface area contributed by atoms with E-state index in [2.05, 4.69) is 4.74 Å². The van der Waals surface area contributed by atoms with Crippen molar-refractivity contribution in [3.05, 3.63) is 27.7 Å². The molecule has 0 aliphatic carbocycles. The minimum Gasteiger partial charge on any atom is -0.370 e. The highest BCUT2D eigenvalue weighted by molar-refractivity contribution is 6.56. The number of halogens is 5. The maximum absolute atomic E-state index is 12.0. The van der Waals surface area contributed by atoms with Gasteiger partial charge in [0.25, 0.3) is 11.7 Å². The first-order chi connectivity index (χ1) is 9.72. The van der Waals surface area contributed by atoms with Crippen molar-refractivity contribution in [2.45, 2.75) is 6.18 Å². The molecular weight excluding hydrogens is 334 g/mol. The van der Waals surface area contributed by atoms with E-state index in [9.17, 15) is 22.8 Å². The van der Waals surface area contributed by atoms with Crippen molar-refractivity contribution in [3.63, 3.8) is 0 Å². The third-order valence-electron chi connectivity index (χ3n) is 2.74. The van der Waals surface area contributed by atoms with Gasteiger partial charge in [0.15, 0.2) is 0 Å². The largest absolute Gasteiger partial charge is 0.411 e. The fourth-order valence-electron chi connectivity index (χ4n) is 1.91. The van der Waals surface area contributed by atoms with Crippen LogP contribution in [0.5, 0.6) is 0 Å². The highest BCUT2D eigenvalue weighted by atomic mass is 35.5. The molecule has 0 atom stereocenters. The zero-order chi connectivity index (χ0) is 15.8. The topological polar surface area (TPSA) is 46.6 Å². The van der Waals surface area contributed by atoms with Crippen LogP contribution in [0.25, 0.3) is 0 Å². The third-order valence-corrected chi connectivity index (χ3v) is 3.36. The predicted molar refractivity (Wildman–Crippen MR) is 70.0 cm³/mol. The van der Waals surface area contributed by atoms with E-state index in [1.54, 1.807) is 0 Å². The molecular formula is C12H8Cl2F3NO3. The smallest absolute Gasteiger partial charge is 0.370 e. The predicted octanol–water partition coefficient (Wildman–Crippen LogP) is 3.10. The highest BCUT2D eigenvalue weighted by Crippen LogP contribution is 2.39. The van der Waals surface area contributed by atoms with Gasteiger partial charge in [-0.1, -0.05) is 23.2 Å². The molecule has 1 aromatic carbocycles. The second-order valence-electron chi connectivity index (χ2n) is 4.21. The summed E-state index contributed by atoms with van der Waals surface area (Å²) in [5.41, 5.74) is 0.0692. The van der Waals surface area contributed by atoms with E-state index < -0.39 is 24.5 Å². The highest BCUT2D eigenvalue weighted by Gasteiger charge is 2.39. The lowest BCUT2D eigenvalue weighted by atomic mass is 10.1. The number of ketones is 1. The summed E-state index contributed by atoms with van der Waals surface area (Å²) in [7, 11) is 0. The van der Waals surface area contributed by atoms with E-state index in [1.165, 1.54) is 12.1 Å². The van der Waals surface area contributed by atoms with Gasteiger partial charge in [-0.15, -0.1) is 0 Å². The molecule has 0 saturated carbocycles. The van der Waals surface area contributed by atoms with Crippen molar-refractivity contribution in [2.24, 2.45) is 0 Å². The Morgan fingerprint density at radius 2 is 1.76 bits per heavy atom. The fourth-order valence-corrected chi connectivity index (χ4v) is 2.41.